The van der Waals surface area contributed by atoms with Crippen LogP contribution in [0.15, 0.2) is 185 Å². The average molecular weight is 667 g/mol. The minimum Gasteiger partial charge on any atom is -0.456 e. The molecule has 244 valence electrons. The second-order valence-electron chi connectivity index (χ2n) is 13.4. The summed E-state index contributed by atoms with van der Waals surface area (Å²) >= 11 is 0. The van der Waals surface area contributed by atoms with Crippen LogP contribution in [0.4, 0.5) is 11.4 Å². The van der Waals surface area contributed by atoms with Crippen LogP contribution >= 0.6 is 0 Å². The van der Waals surface area contributed by atoms with Crippen LogP contribution < -0.4 is 4.90 Å². The number of rotatable bonds is 6. The maximum absolute atomic E-state index is 6.41. The average Bonchev–Trinajstić information content (AvgIpc) is 3.93. The Morgan fingerprint density at radius 3 is 1.67 bits per heavy atom. The summed E-state index contributed by atoms with van der Waals surface area (Å²) in [6.45, 7) is 4.33. The van der Waals surface area contributed by atoms with Crippen LogP contribution in [0.1, 0.15) is 5.56 Å². The van der Waals surface area contributed by atoms with Crippen molar-refractivity contribution in [3.05, 3.63) is 182 Å². The molecule has 0 spiro atoms. The molecule has 4 nitrogen and oxygen atoms in total. The summed E-state index contributed by atoms with van der Waals surface area (Å²) in [5, 5.41) is 9.34. The maximum atomic E-state index is 6.41. The Kier molecular flexibility index (Phi) is 6.07. The number of aromatic nitrogens is 1. The zero-order valence-corrected chi connectivity index (χ0v) is 28.1. The molecule has 4 heteroatoms. The summed E-state index contributed by atoms with van der Waals surface area (Å²) in [6.07, 6.45) is 8.26. The number of furan rings is 2. The molecular formula is C48H30N2O2. The highest BCUT2D eigenvalue weighted by molar-refractivity contribution is 6.24. The second kappa shape index (κ2) is 11.0. The fraction of sp³-hybridized carbons (Fsp3) is 0. The topological polar surface area (TPSA) is 33.9 Å². The van der Waals surface area contributed by atoms with Crippen LogP contribution in [0.3, 0.4) is 0 Å². The zero-order valence-electron chi connectivity index (χ0n) is 28.1. The number of fused-ring (bicyclic) bond motifs is 12. The van der Waals surface area contributed by atoms with Crippen molar-refractivity contribution in [3.63, 3.8) is 0 Å². The highest BCUT2D eigenvalue weighted by atomic mass is 16.3. The number of anilines is 2. The van der Waals surface area contributed by atoms with Crippen molar-refractivity contribution in [1.82, 2.24) is 4.40 Å². The highest BCUT2D eigenvalue weighted by Crippen LogP contribution is 2.44. The first-order valence-corrected chi connectivity index (χ1v) is 17.5. The number of hydrogen-bond donors (Lipinski definition) is 0. The van der Waals surface area contributed by atoms with Crippen molar-refractivity contribution in [2.45, 2.75) is 0 Å². The van der Waals surface area contributed by atoms with Gasteiger partial charge in [0.1, 0.15) is 22.3 Å². The summed E-state index contributed by atoms with van der Waals surface area (Å²) in [4.78, 5) is 2.29. The first-order valence-electron chi connectivity index (χ1n) is 17.5. The molecule has 0 saturated carbocycles. The fourth-order valence-electron chi connectivity index (χ4n) is 8.20. The Morgan fingerprint density at radius 2 is 1.04 bits per heavy atom. The summed E-state index contributed by atoms with van der Waals surface area (Å²) < 4.78 is 15.0. The first kappa shape index (κ1) is 28.8. The summed E-state index contributed by atoms with van der Waals surface area (Å²) in [5.74, 6) is 0. The normalized spacial score (nSPS) is 12.7. The molecule has 0 N–H and O–H groups in total. The van der Waals surface area contributed by atoms with Gasteiger partial charge < -0.3 is 18.1 Å². The molecule has 0 fully saturated rings. The predicted molar refractivity (Wildman–Crippen MR) is 218 cm³/mol. The van der Waals surface area contributed by atoms with E-state index in [9.17, 15) is 0 Å². The quantitative estimate of drug-likeness (QED) is 0.166. The largest absolute Gasteiger partial charge is 0.456 e. The van der Waals surface area contributed by atoms with E-state index in [1.165, 1.54) is 38.1 Å². The van der Waals surface area contributed by atoms with Gasteiger partial charge in [-0.2, -0.15) is 0 Å². The number of benzene rings is 7. The molecular weight excluding hydrogens is 637 g/mol. The van der Waals surface area contributed by atoms with E-state index < -0.39 is 0 Å². The molecule has 11 aromatic rings. The van der Waals surface area contributed by atoms with E-state index in [4.69, 9.17) is 8.83 Å². The summed E-state index contributed by atoms with van der Waals surface area (Å²) in [7, 11) is 0. The van der Waals surface area contributed by atoms with Gasteiger partial charge in [0.05, 0.1) is 16.6 Å². The molecule has 0 aliphatic carbocycles. The Balaban J connectivity index is 1.11. The van der Waals surface area contributed by atoms with Crippen LogP contribution in [-0.2, 0) is 0 Å². The zero-order chi connectivity index (χ0) is 34.3. The van der Waals surface area contributed by atoms with Gasteiger partial charge in [-0.3, -0.25) is 0 Å². The lowest BCUT2D eigenvalue weighted by molar-refractivity contribution is 0.668. The molecule has 0 bridgehead atoms. The van der Waals surface area contributed by atoms with Crippen LogP contribution in [0.25, 0.3) is 88.0 Å². The van der Waals surface area contributed by atoms with Gasteiger partial charge in [0.2, 0.25) is 0 Å². The number of allylic oxidation sites excluding steroid dienone is 3. The molecule has 0 radical (unpaired) electrons. The third-order valence-electron chi connectivity index (χ3n) is 10.5. The Hall–Kier alpha value is -7.04. The maximum Gasteiger partial charge on any atom is 0.137 e. The van der Waals surface area contributed by atoms with E-state index in [0.717, 1.165) is 66.5 Å². The van der Waals surface area contributed by atoms with Gasteiger partial charge in [-0.25, -0.2) is 0 Å². The third-order valence-corrected chi connectivity index (χ3v) is 10.5. The van der Waals surface area contributed by atoms with Crippen molar-refractivity contribution in [1.29, 1.82) is 0 Å². The number of para-hydroxylation sites is 4. The Morgan fingerprint density at radius 1 is 0.500 bits per heavy atom. The van der Waals surface area contributed by atoms with Crippen molar-refractivity contribution < 1.29 is 8.83 Å². The third kappa shape index (κ3) is 4.15. The molecule has 4 heterocycles. The number of nitrogens with zero attached hydrogens (tertiary/aromatic N) is 2. The van der Waals surface area contributed by atoms with Crippen LogP contribution in [0.5, 0.6) is 0 Å². The lowest BCUT2D eigenvalue weighted by Crippen LogP contribution is -2.15. The standard InChI is InChI=1S/C48H30N2O2/c1-2-31(13-11-12-30-22-24-38-36-16-5-9-20-44(36)51-46(38)26-30)49(32-23-25-39-37-17-6-10-21-45(37)52-47(39)29-32)33-27-40-34-14-3-7-18-42(34)50-43-19-8-4-15-35(43)41(28-33)48(40)50/h2-29H,1H2/b12-11+,31-13+. The predicted octanol–water partition coefficient (Wildman–Crippen LogP) is 13.6. The second-order valence-corrected chi connectivity index (χ2v) is 13.4. The Bertz CT molecular complexity index is 3190. The monoisotopic (exact) mass is 666 g/mol. The van der Waals surface area contributed by atoms with Gasteiger partial charge in [-0.15, -0.1) is 0 Å². The minimum absolute atomic E-state index is 0.842. The molecule has 52 heavy (non-hydrogen) atoms. The molecule has 7 aromatic carbocycles. The first-order chi connectivity index (χ1) is 25.7. The van der Waals surface area contributed by atoms with Gasteiger partial charge in [-0.1, -0.05) is 97.6 Å². The molecule has 0 unspecified atom stereocenters. The molecule has 0 amide bonds. The van der Waals surface area contributed by atoms with Crippen molar-refractivity contribution in [2.24, 2.45) is 0 Å². The Labute approximate surface area is 298 Å². The van der Waals surface area contributed by atoms with Crippen molar-refractivity contribution in [3.8, 4) is 0 Å². The van der Waals surface area contributed by atoms with Crippen molar-refractivity contribution >= 4 is 99.4 Å². The SMILES string of the molecule is C=C/C(=C\C=C\c1ccc2c(c1)oc1ccccc12)N(c1ccc2c(c1)oc1ccccc12)c1cc2c3ccccc3n3c4ccccc4c(c1)c23. The van der Waals surface area contributed by atoms with Crippen LogP contribution in [0, 0.1) is 0 Å². The molecule has 0 saturated heterocycles. The van der Waals surface area contributed by atoms with E-state index in [1.807, 2.05) is 36.4 Å². The van der Waals surface area contributed by atoms with E-state index in [0.29, 0.717) is 0 Å². The minimum atomic E-state index is 0.842. The summed E-state index contributed by atoms with van der Waals surface area (Å²) in [5.41, 5.74) is 11.2. The smallest absolute Gasteiger partial charge is 0.137 e. The van der Waals surface area contributed by atoms with Gasteiger partial charge in [0.25, 0.3) is 0 Å². The lowest BCUT2D eigenvalue weighted by atomic mass is 10.0. The van der Waals surface area contributed by atoms with Gasteiger partial charge in [0, 0.05) is 66.2 Å². The van der Waals surface area contributed by atoms with E-state index >= 15 is 0 Å². The van der Waals surface area contributed by atoms with E-state index in [2.05, 4.69) is 149 Å². The molecule has 0 atom stereocenters. The molecule has 0 aliphatic rings. The van der Waals surface area contributed by atoms with Crippen molar-refractivity contribution in [2.75, 3.05) is 4.90 Å². The molecule has 0 aliphatic heterocycles. The van der Waals surface area contributed by atoms with E-state index in [1.54, 1.807) is 0 Å². The highest BCUT2D eigenvalue weighted by Gasteiger charge is 2.22. The molecule has 11 rings (SSSR count). The fourth-order valence-corrected chi connectivity index (χ4v) is 8.20. The van der Waals surface area contributed by atoms with E-state index in [-0.39, 0.29) is 0 Å². The van der Waals surface area contributed by atoms with Gasteiger partial charge >= 0.3 is 0 Å². The van der Waals surface area contributed by atoms with Gasteiger partial charge in [-0.05, 0) is 78.4 Å². The summed E-state index contributed by atoms with van der Waals surface area (Å²) in [6, 6.07) is 51.3. The number of hydrogen-bond acceptors (Lipinski definition) is 3. The molecule has 4 aromatic heterocycles. The van der Waals surface area contributed by atoms with Crippen LogP contribution in [-0.4, -0.2) is 4.40 Å². The van der Waals surface area contributed by atoms with Crippen LogP contribution in [0.2, 0.25) is 0 Å². The van der Waals surface area contributed by atoms with Gasteiger partial charge in [0.15, 0.2) is 0 Å². The lowest BCUT2D eigenvalue weighted by Gasteiger charge is -2.26.